The summed E-state index contributed by atoms with van der Waals surface area (Å²) < 4.78 is 5.36. The van der Waals surface area contributed by atoms with Gasteiger partial charge in [0.2, 0.25) is 0 Å². The van der Waals surface area contributed by atoms with Gasteiger partial charge in [-0.1, -0.05) is 0 Å². The molecule has 3 nitrogen and oxygen atoms in total. The SMILES string of the molecule is CCOCC(C)NC(C)c1csc(C)n1. The first-order chi connectivity index (χ1) is 7.13. The van der Waals surface area contributed by atoms with Gasteiger partial charge in [-0.15, -0.1) is 11.3 Å². The molecule has 2 unspecified atom stereocenters. The second kappa shape index (κ2) is 6.20. The molecular weight excluding hydrogens is 208 g/mol. The highest BCUT2D eigenvalue weighted by molar-refractivity contribution is 7.09. The predicted octanol–water partition coefficient (Wildman–Crippen LogP) is 2.53. The van der Waals surface area contributed by atoms with Crippen molar-refractivity contribution in [3.05, 3.63) is 16.1 Å². The van der Waals surface area contributed by atoms with Crippen molar-refractivity contribution < 1.29 is 4.74 Å². The zero-order valence-electron chi connectivity index (χ0n) is 9.91. The van der Waals surface area contributed by atoms with Gasteiger partial charge in [0.15, 0.2) is 0 Å². The van der Waals surface area contributed by atoms with Crippen molar-refractivity contribution in [1.29, 1.82) is 0 Å². The van der Waals surface area contributed by atoms with Gasteiger partial charge >= 0.3 is 0 Å². The molecule has 1 aromatic heterocycles. The van der Waals surface area contributed by atoms with Crippen LogP contribution in [0.2, 0.25) is 0 Å². The Bertz CT molecular complexity index is 288. The van der Waals surface area contributed by atoms with E-state index in [9.17, 15) is 0 Å². The number of nitrogens with one attached hydrogen (secondary N) is 1. The molecule has 1 aromatic rings. The number of rotatable bonds is 6. The largest absolute Gasteiger partial charge is 0.380 e. The molecule has 0 aliphatic rings. The predicted molar refractivity (Wildman–Crippen MR) is 64.4 cm³/mol. The number of nitrogens with zero attached hydrogens (tertiary/aromatic N) is 1. The maximum absolute atomic E-state index is 5.36. The molecular formula is C11H20N2OS. The Kier molecular flexibility index (Phi) is 5.22. The average Bonchev–Trinajstić information content (AvgIpc) is 2.61. The van der Waals surface area contributed by atoms with Gasteiger partial charge in [-0.05, 0) is 27.7 Å². The van der Waals surface area contributed by atoms with Crippen molar-refractivity contribution >= 4 is 11.3 Å². The fourth-order valence-electron chi connectivity index (χ4n) is 1.43. The van der Waals surface area contributed by atoms with Gasteiger partial charge in [-0.2, -0.15) is 0 Å². The Morgan fingerprint density at radius 2 is 2.27 bits per heavy atom. The molecule has 0 aliphatic carbocycles. The first kappa shape index (κ1) is 12.6. The second-order valence-corrected chi connectivity index (χ2v) is 4.80. The van der Waals surface area contributed by atoms with Crippen LogP contribution in [0.1, 0.15) is 37.5 Å². The Hall–Kier alpha value is -0.450. The molecule has 0 fully saturated rings. The van der Waals surface area contributed by atoms with Crippen molar-refractivity contribution in [2.45, 2.75) is 39.8 Å². The van der Waals surface area contributed by atoms with E-state index in [-0.39, 0.29) is 0 Å². The Balaban J connectivity index is 2.38. The van der Waals surface area contributed by atoms with Gasteiger partial charge < -0.3 is 10.1 Å². The summed E-state index contributed by atoms with van der Waals surface area (Å²) in [5.41, 5.74) is 1.13. The van der Waals surface area contributed by atoms with E-state index in [1.807, 2.05) is 13.8 Å². The monoisotopic (exact) mass is 228 g/mol. The summed E-state index contributed by atoms with van der Waals surface area (Å²) >= 11 is 1.70. The lowest BCUT2D eigenvalue weighted by Gasteiger charge is -2.18. The quantitative estimate of drug-likeness (QED) is 0.812. The third kappa shape index (κ3) is 4.28. The van der Waals surface area contributed by atoms with Gasteiger partial charge in [0.05, 0.1) is 17.3 Å². The Morgan fingerprint density at radius 1 is 1.53 bits per heavy atom. The standard InChI is InChI=1S/C11H20N2OS/c1-5-14-6-8(2)12-9(3)11-7-15-10(4)13-11/h7-9,12H,5-6H2,1-4H3. The molecule has 86 valence electrons. The van der Waals surface area contributed by atoms with E-state index in [4.69, 9.17) is 4.74 Å². The normalized spacial score (nSPS) is 15.2. The smallest absolute Gasteiger partial charge is 0.0898 e. The summed E-state index contributed by atoms with van der Waals surface area (Å²) in [6.07, 6.45) is 0. The molecule has 0 radical (unpaired) electrons. The van der Waals surface area contributed by atoms with E-state index in [0.717, 1.165) is 23.9 Å². The maximum Gasteiger partial charge on any atom is 0.0898 e. The van der Waals surface area contributed by atoms with E-state index < -0.39 is 0 Å². The van der Waals surface area contributed by atoms with E-state index in [2.05, 4.69) is 29.5 Å². The van der Waals surface area contributed by atoms with Crippen LogP contribution in [0.15, 0.2) is 5.38 Å². The fourth-order valence-corrected chi connectivity index (χ4v) is 2.14. The highest BCUT2D eigenvalue weighted by Crippen LogP contribution is 2.16. The second-order valence-electron chi connectivity index (χ2n) is 3.74. The van der Waals surface area contributed by atoms with E-state index in [1.165, 1.54) is 0 Å². The van der Waals surface area contributed by atoms with Gasteiger partial charge in [-0.3, -0.25) is 0 Å². The van der Waals surface area contributed by atoms with E-state index in [0.29, 0.717) is 12.1 Å². The molecule has 0 saturated carbocycles. The zero-order chi connectivity index (χ0) is 11.3. The first-order valence-corrected chi connectivity index (χ1v) is 6.27. The summed E-state index contributed by atoms with van der Waals surface area (Å²) in [7, 11) is 0. The van der Waals surface area contributed by atoms with Gasteiger partial charge in [0.25, 0.3) is 0 Å². The molecule has 4 heteroatoms. The van der Waals surface area contributed by atoms with Crippen molar-refractivity contribution in [3.63, 3.8) is 0 Å². The minimum absolute atomic E-state index is 0.297. The lowest BCUT2D eigenvalue weighted by atomic mass is 10.2. The van der Waals surface area contributed by atoms with E-state index in [1.54, 1.807) is 11.3 Å². The van der Waals surface area contributed by atoms with Gasteiger partial charge in [0.1, 0.15) is 0 Å². The van der Waals surface area contributed by atoms with Gasteiger partial charge in [0, 0.05) is 24.1 Å². The molecule has 0 spiro atoms. The molecule has 0 bridgehead atoms. The average molecular weight is 228 g/mol. The Labute approximate surface area is 95.9 Å². The highest BCUT2D eigenvalue weighted by atomic mass is 32.1. The number of thiazole rings is 1. The summed E-state index contributed by atoms with van der Waals surface area (Å²) in [6.45, 7) is 9.84. The minimum Gasteiger partial charge on any atom is -0.380 e. The van der Waals surface area contributed by atoms with E-state index >= 15 is 0 Å². The van der Waals surface area contributed by atoms with Crippen molar-refractivity contribution in [3.8, 4) is 0 Å². The third-order valence-corrected chi connectivity index (χ3v) is 2.98. The molecule has 0 aromatic carbocycles. The lowest BCUT2D eigenvalue weighted by Crippen LogP contribution is -2.33. The molecule has 0 aliphatic heterocycles. The van der Waals surface area contributed by atoms with Crippen LogP contribution in [-0.2, 0) is 4.74 Å². The molecule has 15 heavy (non-hydrogen) atoms. The van der Waals surface area contributed by atoms with Crippen LogP contribution in [0.25, 0.3) is 0 Å². The van der Waals surface area contributed by atoms with Gasteiger partial charge in [-0.25, -0.2) is 4.98 Å². The number of ether oxygens (including phenoxy) is 1. The topological polar surface area (TPSA) is 34.1 Å². The van der Waals surface area contributed by atoms with Crippen LogP contribution in [0, 0.1) is 6.92 Å². The van der Waals surface area contributed by atoms with Crippen LogP contribution in [0.5, 0.6) is 0 Å². The molecule has 1 rings (SSSR count). The summed E-state index contributed by atoms with van der Waals surface area (Å²) in [5.74, 6) is 0. The van der Waals surface area contributed by atoms with Crippen molar-refractivity contribution in [2.24, 2.45) is 0 Å². The fraction of sp³-hybridized carbons (Fsp3) is 0.727. The van der Waals surface area contributed by atoms with Crippen LogP contribution in [0.4, 0.5) is 0 Å². The highest BCUT2D eigenvalue weighted by Gasteiger charge is 2.11. The van der Waals surface area contributed by atoms with Crippen LogP contribution < -0.4 is 5.32 Å². The van der Waals surface area contributed by atoms with Crippen molar-refractivity contribution in [2.75, 3.05) is 13.2 Å². The number of hydrogen-bond acceptors (Lipinski definition) is 4. The molecule has 1 N–H and O–H groups in total. The summed E-state index contributed by atoms with van der Waals surface area (Å²) in [6, 6.07) is 0.660. The van der Waals surface area contributed by atoms with Crippen LogP contribution >= 0.6 is 11.3 Å². The lowest BCUT2D eigenvalue weighted by molar-refractivity contribution is 0.124. The number of hydrogen-bond donors (Lipinski definition) is 1. The number of aromatic nitrogens is 1. The Morgan fingerprint density at radius 3 is 2.80 bits per heavy atom. The summed E-state index contributed by atoms with van der Waals surface area (Å²) in [5, 5.41) is 6.70. The zero-order valence-corrected chi connectivity index (χ0v) is 10.7. The first-order valence-electron chi connectivity index (χ1n) is 5.39. The van der Waals surface area contributed by atoms with Crippen LogP contribution in [0.3, 0.4) is 0 Å². The molecule has 2 atom stereocenters. The maximum atomic E-state index is 5.36. The third-order valence-electron chi connectivity index (χ3n) is 2.19. The van der Waals surface area contributed by atoms with Crippen LogP contribution in [-0.4, -0.2) is 24.2 Å². The van der Waals surface area contributed by atoms with Crippen molar-refractivity contribution in [1.82, 2.24) is 10.3 Å². The number of aryl methyl sites for hydroxylation is 1. The summed E-state index contributed by atoms with van der Waals surface area (Å²) in [4.78, 5) is 4.46. The molecule has 0 amide bonds. The molecule has 1 heterocycles. The minimum atomic E-state index is 0.297. The molecule has 0 saturated heterocycles.